The summed E-state index contributed by atoms with van der Waals surface area (Å²) < 4.78 is 0. The van der Waals surface area contributed by atoms with Crippen molar-refractivity contribution in [2.45, 2.75) is 33.2 Å². The Hall–Kier alpha value is -3.08. The average Bonchev–Trinajstić information content (AvgIpc) is 2.60. The number of amides is 1. The van der Waals surface area contributed by atoms with Crippen LogP contribution in [0.5, 0.6) is 5.75 Å². The summed E-state index contributed by atoms with van der Waals surface area (Å²) in [5.74, 6) is -0.515. The third-order valence-electron chi connectivity index (χ3n) is 5.12. The first-order chi connectivity index (χ1) is 12.7. The molecule has 0 unspecified atom stereocenters. The quantitative estimate of drug-likeness (QED) is 0.637. The van der Waals surface area contributed by atoms with Crippen molar-refractivity contribution in [2.75, 3.05) is 11.9 Å². The molecule has 0 aliphatic carbocycles. The zero-order valence-corrected chi connectivity index (χ0v) is 16.4. The van der Waals surface area contributed by atoms with Crippen LogP contribution in [-0.2, 0) is 0 Å². The number of carbonyl (C=O) groups excluding carboxylic acids is 1. The predicted octanol–water partition coefficient (Wildman–Crippen LogP) is 4.10. The molecule has 27 heavy (non-hydrogen) atoms. The van der Waals surface area contributed by atoms with Crippen molar-refractivity contribution in [1.29, 1.82) is 0 Å². The van der Waals surface area contributed by atoms with Crippen LogP contribution in [0.2, 0.25) is 0 Å². The fourth-order valence-electron chi connectivity index (χ4n) is 3.34. The Labute approximate surface area is 160 Å². The topological polar surface area (TPSA) is 64.9 Å². The first-order valence-electron chi connectivity index (χ1n) is 8.90. The van der Waals surface area contributed by atoms with E-state index in [0.717, 1.165) is 16.7 Å². The lowest BCUT2D eigenvalue weighted by Gasteiger charge is -2.41. The molecule has 3 rings (SSSR count). The van der Waals surface area contributed by atoms with Crippen LogP contribution in [0.4, 0.5) is 5.69 Å². The number of benzene rings is 2. The molecule has 1 aliphatic heterocycles. The number of phenolic OH excluding ortho intramolecular Hbond substituents is 1. The maximum absolute atomic E-state index is 12.1. The summed E-state index contributed by atoms with van der Waals surface area (Å²) >= 11 is 0. The van der Waals surface area contributed by atoms with Gasteiger partial charge in [-0.1, -0.05) is 18.2 Å². The van der Waals surface area contributed by atoms with Crippen molar-refractivity contribution in [3.8, 4) is 5.75 Å². The number of anilines is 1. The Bertz CT molecular complexity index is 958. The molecule has 140 valence electrons. The highest BCUT2D eigenvalue weighted by Gasteiger charge is 2.28. The number of fused-ring (bicyclic) bond motifs is 1. The molecule has 1 heterocycles. The molecule has 0 saturated carbocycles. The van der Waals surface area contributed by atoms with Gasteiger partial charge in [0.15, 0.2) is 0 Å². The number of hydrogen-bond donors (Lipinski definition) is 2. The van der Waals surface area contributed by atoms with Gasteiger partial charge in [0.25, 0.3) is 5.91 Å². The predicted molar refractivity (Wildman–Crippen MR) is 110 cm³/mol. The second kappa shape index (κ2) is 6.91. The van der Waals surface area contributed by atoms with Gasteiger partial charge in [0.05, 0.1) is 17.3 Å². The smallest absolute Gasteiger partial charge is 0.275 e. The second-order valence-corrected chi connectivity index (χ2v) is 7.48. The molecule has 0 spiro atoms. The van der Waals surface area contributed by atoms with E-state index in [0.29, 0.717) is 0 Å². The van der Waals surface area contributed by atoms with Gasteiger partial charge in [0, 0.05) is 18.3 Å². The third kappa shape index (κ3) is 3.58. The summed E-state index contributed by atoms with van der Waals surface area (Å²) in [6.07, 6.45) is 3.89. The Kier molecular flexibility index (Phi) is 4.79. The molecule has 0 radical (unpaired) electrons. The minimum atomic E-state index is -0.447. The van der Waals surface area contributed by atoms with Gasteiger partial charge in [-0.3, -0.25) is 4.79 Å². The van der Waals surface area contributed by atoms with E-state index < -0.39 is 5.91 Å². The van der Waals surface area contributed by atoms with Gasteiger partial charge < -0.3 is 10.0 Å². The average molecular weight is 363 g/mol. The SMILES string of the molecule is CC1=CC(C)(C)N(C)c2cc(C)c(/C=N\NC(=O)c3ccccc3O)cc21. The fourth-order valence-corrected chi connectivity index (χ4v) is 3.34. The standard InChI is InChI=1S/C22H25N3O2/c1-14-10-19-18(15(2)12-22(3,4)25(19)5)11-16(14)13-23-24-21(27)17-8-6-7-9-20(17)26/h6-13,26H,1-5H3,(H,24,27)/b23-13-. The van der Waals surface area contributed by atoms with Crippen molar-refractivity contribution < 1.29 is 9.90 Å². The lowest BCUT2D eigenvalue weighted by Crippen LogP contribution is -2.42. The van der Waals surface area contributed by atoms with Gasteiger partial charge in [-0.05, 0) is 68.7 Å². The molecule has 5 heteroatoms. The molecular formula is C22H25N3O2. The van der Waals surface area contributed by atoms with Crippen molar-refractivity contribution >= 4 is 23.4 Å². The fraction of sp³-hybridized carbons (Fsp3) is 0.273. The molecular weight excluding hydrogens is 338 g/mol. The largest absolute Gasteiger partial charge is 0.507 e. The van der Waals surface area contributed by atoms with Gasteiger partial charge in [0.2, 0.25) is 0 Å². The van der Waals surface area contributed by atoms with E-state index in [9.17, 15) is 9.90 Å². The molecule has 2 N–H and O–H groups in total. The number of phenols is 1. The second-order valence-electron chi connectivity index (χ2n) is 7.48. The van der Waals surface area contributed by atoms with Gasteiger partial charge in [0.1, 0.15) is 5.75 Å². The van der Waals surface area contributed by atoms with Gasteiger partial charge >= 0.3 is 0 Å². The lowest BCUT2D eigenvalue weighted by atomic mass is 9.87. The number of allylic oxidation sites excluding steroid dienone is 1. The zero-order valence-electron chi connectivity index (χ0n) is 16.4. The summed E-state index contributed by atoms with van der Waals surface area (Å²) in [5.41, 5.74) is 8.22. The van der Waals surface area contributed by atoms with E-state index in [4.69, 9.17) is 0 Å². The number of aryl methyl sites for hydroxylation is 1. The molecule has 2 aromatic carbocycles. The number of likely N-dealkylation sites (N-methyl/N-ethyl adjacent to an activating group) is 1. The Morgan fingerprint density at radius 2 is 1.93 bits per heavy atom. The molecule has 5 nitrogen and oxygen atoms in total. The molecule has 0 atom stereocenters. The van der Waals surface area contributed by atoms with E-state index >= 15 is 0 Å². The molecule has 1 amide bonds. The minimum Gasteiger partial charge on any atom is -0.507 e. The highest BCUT2D eigenvalue weighted by molar-refractivity contribution is 5.97. The highest BCUT2D eigenvalue weighted by atomic mass is 16.3. The monoisotopic (exact) mass is 363 g/mol. The maximum Gasteiger partial charge on any atom is 0.275 e. The lowest BCUT2D eigenvalue weighted by molar-refractivity contribution is 0.0952. The van der Waals surface area contributed by atoms with Crippen LogP contribution in [0.3, 0.4) is 0 Å². The Balaban J connectivity index is 1.85. The summed E-state index contributed by atoms with van der Waals surface area (Å²) in [5, 5.41) is 13.8. The molecule has 0 saturated heterocycles. The van der Waals surface area contributed by atoms with Gasteiger partial charge in [-0.15, -0.1) is 0 Å². The first kappa shape index (κ1) is 18.7. The van der Waals surface area contributed by atoms with Gasteiger partial charge in [-0.2, -0.15) is 5.10 Å². The summed E-state index contributed by atoms with van der Waals surface area (Å²) in [6.45, 7) is 8.53. The van der Waals surface area contributed by atoms with Gasteiger partial charge in [-0.25, -0.2) is 5.43 Å². The van der Waals surface area contributed by atoms with Crippen LogP contribution in [-0.4, -0.2) is 29.8 Å². The van der Waals surface area contributed by atoms with E-state index in [1.807, 2.05) is 6.92 Å². The number of carbonyl (C=O) groups is 1. The van der Waals surface area contributed by atoms with Crippen molar-refractivity contribution in [3.05, 3.63) is 64.7 Å². The third-order valence-corrected chi connectivity index (χ3v) is 5.12. The Morgan fingerprint density at radius 3 is 2.63 bits per heavy atom. The minimum absolute atomic E-state index is 0.0369. The first-order valence-corrected chi connectivity index (χ1v) is 8.90. The number of nitrogens with one attached hydrogen (secondary N) is 1. The van der Waals surface area contributed by atoms with Crippen LogP contribution < -0.4 is 10.3 Å². The summed E-state index contributed by atoms with van der Waals surface area (Å²) in [7, 11) is 2.10. The van der Waals surface area contributed by atoms with E-state index in [2.05, 4.69) is 61.5 Å². The number of para-hydroxylation sites is 1. The molecule has 2 aromatic rings. The summed E-state index contributed by atoms with van der Waals surface area (Å²) in [6, 6.07) is 10.6. The van der Waals surface area contributed by atoms with Crippen LogP contribution >= 0.6 is 0 Å². The molecule has 1 aliphatic rings. The molecule has 0 bridgehead atoms. The van der Waals surface area contributed by atoms with E-state index in [1.165, 1.54) is 17.3 Å². The van der Waals surface area contributed by atoms with Crippen LogP contribution in [0.1, 0.15) is 47.8 Å². The van der Waals surface area contributed by atoms with Crippen LogP contribution in [0, 0.1) is 6.92 Å². The normalized spacial score (nSPS) is 15.4. The molecule has 0 fully saturated rings. The number of rotatable bonds is 3. The van der Waals surface area contributed by atoms with Crippen molar-refractivity contribution in [2.24, 2.45) is 5.10 Å². The Morgan fingerprint density at radius 1 is 1.22 bits per heavy atom. The van der Waals surface area contributed by atoms with Crippen molar-refractivity contribution in [1.82, 2.24) is 5.43 Å². The highest BCUT2D eigenvalue weighted by Crippen LogP contribution is 2.38. The maximum atomic E-state index is 12.1. The van der Waals surface area contributed by atoms with Crippen molar-refractivity contribution in [3.63, 3.8) is 0 Å². The number of hydrogen-bond acceptors (Lipinski definition) is 4. The van der Waals surface area contributed by atoms with Crippen LogP contribution in [0.25, 0.3) is 5.57 Å². The van der Waals surface area contributed by atoms with E-state index in [1.54, 1.807) is 24.4 Å². The number of aromatic hydroxyl groups is 1. The van der Waals surface area contributed by atoms with E-state index in [-0.39, 0.29) is 16.9 Å². The van der Waals surface area contributed by atoms with Crippen LogP contribution in [0.15, 0.2) is 47.6 Å². The zero-order chi connectivity index (χ0) is 19.8. The molecule has 0 aromatic heterocycles. The number of hydrazone groups is 1. The summed E-state index contributed by atoms with van der Waals surface area (Å²) in [4.78, 5) is 14.4. The number of nitrogens with zero attached hydrogens (tertiary/aromatic N) is 2.